The number of alkyl halides is 1. The zero-order chi connectivity index (χ0) is 8.97. The number of nitrogens with zero attached hydrogens (tertiary/aromatic N) is 1. The summed E-state index contributed by atoms with van der Waals surface area (Å²) in [5.74, 6) is 0. The van der Waals surface area contributed by atoms with Gasteiger partial charge < -0.3 is 5.73 Å². The van der Waals surface area contributed by atoms with Gasteiger partial charge in [-0.1, -0.05) is 6.07 Å². The summed E-state index contributed by atoms with van der Waals surface area (Å²) < 4.78 is 11.9. The molecule has 0 aliphatic rings. The molecule has 2 nitrogen and oxygen atoms in total. The molecular formula is C9H14ClFN2. The molecule has 4 heteroatoms. The minimum Gasteiger partial charge on any atom is -0.323 e. The number of aromatic nitrogens is 1. The molecule has 74 valence electrons. The van der Waals surface area contributed by atoms with Crippen molar-refractivity contribution in [2.75, 3.05) is 6.67 Å². The molecular weight excluding hydrogens is 191 g/mol. The molecule has 0 fully saturated rings. The predicted octanol–water partition coefficient (Wildman–Crippen LogP) is 2.17. The first kappa shape index (κ1) is 12.3. The third kappa shape index (κ3) is 3.70. The average molecular weight is 205 g/mol. The lowest BCUT2D eigenvalue weighted by Crippen LogP contribution is -2.12. The van der Waals surface area contributed by atoms with Gasteiger partial charge in [0, 0.05) is 11.7 Å². The number of rotatable bonds is 3. The number of pyridine rings is 1. The summed E-state index contributed by atoms with van der Waals surface area (Å²) in [7, 11) is 0. The van der Waals surface area contributed by atoms with Crippen molar-refractivity contribution in [2.45, 2.75) is 19.4 Å². The van der Waals surface area contributed by atoms with Crippen LogP contribution in [0.15, 0.2) is 18.2 Å². The summed E-state index contributed by atoms with van der Waals surface area (Å²) in [6.07, 6.45) is 0.344. The van der Waals surface area contributed by atoms with E-state index in [1.807, 2.05) is 25.1 Å². The number of hydrogen-bond donors (Lipinski definition) is 1. The van der Waals surface area contributed by atoms with Crippen LogP contribution in [0.4, 0.5) is 4.39 Å². The van der Waals surface area contributed by atoms with E-state index >= 15 is 0 Å². The Bertz CT molecular complexity index is 255. The highest BCUT2D eigenvalue weighted by atomic mass is 35.5. The second kappa shape index (κ2) is 5.89. The Morgan fingerprint density at radius 1 is 1.54 bits per heavy atom. The van der Waals surface area contributed by atoms with E-state index in [0.717, 1.165) is 11.4 Å². The number of nitrogens with two attached hydrogens (primary N) is 1. The molecule has 0 aliphatic heterocycles. The lowest BCUT2D eigenvalue weighted by Gasteiger charge is -2.08. The van der Waals surface area contributed by atoms with Gasteiger partial charge in [0.1, 0.15) is 0 Å². The maximum atomic E-state index is 11.9. The lowest BCUT2D eigenvalue weighted by atomic mass is 10.1. The normalized spacial score (nSPS) is 11.9. The molecule has 0 aliphatic carbocycles. The molecule has 2 N–H and O–H groups in total. The summed E-state index contributed by atoms with van der Waals surface area (Å²) in [6, 6.07) is 5.34. The van der Waals surface area contributed by atoms with Crippen LogP contribution in [0.3, 0.4) is 0 Å². The van der Waals surface area contributed by atoms with Gasteiger partial charge in [-0.25, -0.2) is 0 Å². The quantitative estimate of drug-likeness (QED) is 0.820. The van der Waals surface area contributed by atoms with E-state index in [1.165, 1.54) is 0 Å². The van der Waals surface area contributed by atoms with Crippen molar-refractivity contribution < 1.29 is 4.39 Å². The molecule has 0 aromatic carbocycles. The SMILES string of the molecule is Cc1cccc([C@@H](N)CCF)n1.Cl. The Hall–Kier alpha value is -0.670. The van der Waals surface area contributed by atoms with Crippen LogP contribution in [0.2, 0.25) is 0 Å². The minimum absolute atomic E-state index is 0. The van der Waals surface area contributed by atoms with E-state index in [2.05, 4.69) is 4.98 Å². The van der Waals surface area contributed by atoms with E-state index in [-0.39, 0.29) is 18.4 Å². The van der Waals surface area contributed by atoms with Crippen molar-refractivity contribution in [1.82, 2.24) is 4.98 Å². The average Bonchev–Trinajstić information content (AvgIpc) is 2.05. The molecule has 1 rings (SSSR count). The van der Waals surface area contributed by atoms with Gasteiger partial charge in [0.2, 0.25) is 0 Å². The highest BCUT2D eigenvalue weighted by molar-refractivity contribution is 5.85. The fraction of sp³-hybridized carbons (Fsp3) is 0.444. The van der Waals surface area contributed by atoms with Gasteiger partial charge in [0.15, 0.2) is 0 Å². The van der Waals surface area contributed by atoms with Crippen molar-refractivity contribution in [2.24, 2.45) is 5.73 Å². The lowest BCUT2D eigenvalue weighted by molar-refractivity contribution is 0.438. The molecule has 0 saturated heterocycles. The molecule has 1 heterocycles. The third-order valence-electron chi connectivity index (χ3n) is 1.71. The standard InChI is InChI=1S/C9H13FN2.ClH/c1-7-3-2-4-9(12-7)8(11)5-6-10;/h2-4,8H,5-6,11H2,1H3;1H/t8-;/m0./s1. The van der Waals surface area contributed by atoms with E-state index in [9.17, 15) is 4.39 Å². The number of aryl methyl sites for hydroxylation is 1. The molecule has 0 radical (unpaired) electrons. The first-order valence-corrected chi connectivity index (χ1v) is 3.99. The van der Waals surface area contributed by atoms with Crippen LogP contribution in [-0.4, -0.2) is 11.7 Å². The Labute approximate surface area is 83.8 Å². The van der Waals surface area contributed by atoms with Crippen molar-refractivity contribution in [1.29, 1.82) is 0 Å². The summed E-state index contributed by atoms with van der Waals surface area (Å²) in [5, 5.41) is 0. The Morgan fingerprint density at radius 3 is 2.77 bits per heavy atom. The summed E-state index contributed by atoms with van der Waals surface area (Å²) in [6.45, 7) is 1.50. The monoisotopic (exact) mass is 204 g/mol. The molecule has 1 aromatic rings. The Kier molecular flexibility index (Phi) is 5.58. The van der Waals surface area contributed by atoms with Crippen molar-refractivity contribution in [3.8, 4) is 0 Å². The third-order valence-corrected chi connectivity index (χ3v) is 1.71. The summed E-state index contributed by atoms with van der Waals surface area (Å²) in [4.78, 5) is 4.20. The first-order chi connectivity index (χ1) is 5.74. The number of halogens is 2. The second-order valence-electron chi connectivity index (χ2n) is 2.79. The van der Waals surface area contributed by atoms with Crippen LogP contribution in [0.5, 0.6) is 0 Å². The van der Waals surface area contributed by atoms with Crippen molar-refractivity contribution in [3.63, 3.8) is 0 Å². The van der Waals surface area contributed by atoms with E-state index < -0.39 is 6.67 Å². The van der Waals surface area contributed by atoms with Crippen molar-refractivity contribution >= 4 is 12.4 Å². The molecule has 1 atom stereocenters. The van der Waals surface area contributed by atoms with E-state index in [4.69, 9.17) is 5.73 Å². The molecule has 0 spiro atoms. The van der Waals surface area contributed by atoms with Crippen LogP contribution < -0.4 is 5.73 Å². The molecule has 0 unspecified atom stereocenters. The van der Waals surface area contributed by atoms with Crippen LogP contribution >= 0.6 is 12.4 Å². The topological polar surface area (TPSA) is 38.9 Å². The van der Waals surface area contributed by atoms with Gasteiger partial charge in [-0.2, -0.15) is 0 Å². The molecule has 13 heavy (non-hydrogen) atoms. The maximum Gasteiger partial charge on any atom is 0.0913 e. The van der Waals surface area contributed by atoms with Crippen LogP contribution in [0.1, 0.15) is 23.9 Å². The van der Waals surface area contributed by atoms with Gasteiger partial charge in [0.25, 0.3) is 0 Å². The molecule has 0 bridgehead atoms. The van der Waals surface area contributed by atoms with Crippen LogP contribution in [0.25, 0.3) is 0 Å². The van der Waals surface area contributed by atoms with Crippen LogP contribution in [-0.2, 0) is 0 Å². The fourth-order valence-electron chi connectivity index (χ4n) is 1.04. The number of hydrogen-bond acceptors (Lipinski definition) is 2. The smallest absolute Gasteiger partial charge is 0.0913 e. The fourth-order valence-corrected chi connectivity index (χ4v) is 1.04. The van der Waals surface area contributed by atoms with Gasteiger partial charge >= 0.3 is 0 Å². The van der Waals surface area contributed by atoms with Gasteiger partial charge in [0.05, 0.1) is 12.4 Å². The first-order valence-electron chi connectivity index (χ1n) is 3.99. The Morgan fingerprint density at radius 2 is 2.23 bits per heavy atom. The van der Waals surface area contributed by atoms with E-state index in [1.54, 1.807) is 0 Å². The zero-order valence-corrected chi connectivity index (χ0v) is 8.35. The van der Waals surface area contributed by atoms with Crippen molar-refractivity contribution in [3.05, 3.63) is 29.6 Å². The second-order valence-corrected chi connectivity index (χ2v) is 2.79. The maximum absolute atomic E-state index is 11.9. The molecule has 0 amide bonds. The summed E-state index contributed by atoms with van der Waals surface area (Å²) in [5.41, 5.74) is 7.36. The highest BCUT2D eigenvalue weighted by Crippen LogP contribution is 2.11. The highest BCUT2D eigenvalue weighted by Gasteiger charge is 2.05. The van der Waals surface area contributed by atoms with Gasteiger partial charge in [-0.3, -0.25) is 9.37 Å². The zero-order valence-electron chi connectivity index (χ0n) is 7.53. The predicted molar refractivity (Wildman–Crippen MR) is 53.7 cm³/mol. The minimum atomic E-state index is -0.392. The Balaban J connectivity index is 0.00000144. The van der Waals surface area contributed by atoms with Gasteiger partial charge in [-0.05, 0) is 25.5 Å². The molecule has 1 aromatic heterocycles. The van der Waals surface area contributed by atoms with Crippen LogP contribution in [0, 0.1) is 6.92 Å². The largest absolute Gasteiger partial charge is 0.323 e. The summed E-state index contributed by atoms with van der Waals surface area (Å²) >= 11 is 0. The van der Waals surface area contributed by atoms with E-state index in [0.29, 0.717) is 6.42 Å². The molecule has 0 saturated carbocycles. The van der Waals surface area contributed by atoms with Gasteiger partial charge in [-0.15, -0.1) is 12.4 Å².